The summed E-state index contributed by atoms with van der Waals surface area (Å²) in [4.78, 5) is 11.3. The summed E-state index contributed by atoms with van der Waals surface area (Å²) in [7, 11) is 0. The number of nitriles is 1. The number of rotatable bonds is 3. The molecule has 132 valence electrons. The number of hydrogen-bond donors (Lipinski definition) is 1. The average Bonchev–Trinajstić information content (AvgIpc) is 3.08. The van der Waals surface area contributed by atoms with Crippen molar-refractivity contribution >= 4 is 33.7 Å². The van der Waals surface area contributed by atoms with E-state index in [1.807, 2.05) is 24.3 Å². The second-order valence-electron chi connectivity index (χ2n) is 5.97. The molecule has 0 radical (unpaired) electrons. The van der Waals surface area contributed by atoms with Crippen LogP contribution in [0, 0.1) is 21.4 Å². The first-order valence-corrected chi connectivity index (χ1v) is 8.17. The lowest BCUT2D eigenvalue weighted by Crippen LogP contribution is -2.44. The number of nitrogens with zero attached hydrogens (tertiary/aromatic N) is 5. The van der Waals surface area contributed by atoms with E-state index in [-0.39, 0.29) is 5.69 Å². The maximum atomic E-state index is 11.7. The van der Waals surface area contributed by atoms with E-state index in [9.17, 15) is 10.1 Å². The maximum absolute atomic E-state index is 11.7. The topological polar surface area (TPSA) is 97.8 Å². The lowest BCUT2D eigenvalue weighted by atomic mass is 10.1. The highest BCUT2D eigenvalue weighted by Gasteiger charge is 2.31. The van der Waals surface area contributed by atoms with Gasteiger partial charge in [-0.05, 0) is 42.6 Å². The number of hydrazone groups is 1. The van der Waals surface area contributed by atoms with Crippen LogP contribution in [0.4, 0.5) is 17.1 Å². The van der Waals surface area contributed by atoms with Gasteiger partial charge in [0.25, 0.3) is 5.69 Å². The Balaban J connectivity index is 1.90. The molecule has 1 heterocycles. The van der Waals surface area contributed by atoms with Crippen LogP contribution in [0.5, 0.6) is 0 Å². The van der Waals surface area contributed by atoms with Crippen molar-refractivity contribution in [2.75, 3.05) is 10.2 Å². The third-order valence-corrected chi connectivity index (χ3v) is 4.22. The molecule has 0 aliphatic carbocycles. The number of hydrogen-bond acceptors (Lipinski definition) is 7. The average molecular weight is 358 g/mol. The van der Waals surface area contributed by atoms with Gasteiger partial charge in [-0.3, -0.25) is 15.5 Å². The molecule has 0 spiro atoms. The molecule has 1 aliphatic heterocycles. The van der Waals surface area contributed by atoms with Gasteiger partial charge in [-0.2, -0.15) is 10.4 Å². The second-order valence-corrected chi connectivity index (χ2v) is 5.97. The van der Waals surface area contributed by atoms with Crippen molar-refractivity contribution in [1.82, 2.24) is 5.43 Å². The molecule has 0 aromatic heterocycles. The van der Waals surface area contributed by atoms with Gasteiger partial charge >= 0.3 is 0 Å². The van der Waals surface area contributed by atoms with Crippen LogP contribution >= 0.6 is 0 Å². The van der Waals surface area contributed by atoms with E-state index in [1.54, 1.807) is 42.4 Å². The van der Waals surface area contributed by atoms with Crippen molar-refractivity contribution in [3.63, 3.8) is 0 Å². The summed E-state index contributed by atoms with van der Waals surface area (Å²) in [5.41, 5.74) is 4.63. The summed E-state index contributed by atoms with van der Waals surface area (Å²) in [5, 5.41) is 29.8. The molecule has 0 bridgehead atoms. The van der Waals surface area contributed by atoms with Crippen LogP contribution in [0.3, 0.4) is 0 Å². The van der Waals surface area contributed by atoms with Crippen LogP contribution in [-0.2, 0) is 0 Å². The van der Waals surface area contributed by atoms with Crippen LogP contribution in [0.25, 0.3) is 10.8 Å². The van der Waals surface area contributed by atoms with Crippen LogP contribution in [0.15, 0.2) is 65.8 Å². The molecule has 0 fully saturated rings. The Morgan fingerprint density at radius 3 is 2.56 bits per heavy atom. The molecule has 8 heteroatoms. The van der Waals surface area contributed by atoms with E-state index in [2.05, 4.69) is 16.6 Å². The van der Waals surface area contributed by atoms with Crippen LogP contribution in [0.2, 0.25) is 0 Å². The molecule has 1 aliphatic rings. The predicted octanol–water partition coefficient (Wildman–Crippen LogP) is 3.70. The molecule has 3 aromatic rings. The summed E-state index contributed by atoms with van der Waals surface area (Å²) in [6.07, 6.45) is 0. The zero-order valence-electron chi connectivity index (χ0n) is 14.3. The Bertz CT molecular complexity index is 1120. The standard InChI is InChI=1S/C19H14N6O2/c1-13-21-23(16-9-6-14(12-20)7-10-16)24(22-13)19-17-5-3-2-4-15(17)8-11-18(19)25(26)27/h2-11H,1H3,(H,21,22). The molecule has 3 aromatic carbocycles. The SMILES string of the molecule is CC1=NN(c2c([N+](=O)[O-])ccc3ccccc23)N(c2ccc(C#N)cc2)N1. The van der Waals surface area contributed by atoms with Crippen molar-refractivity contribution in [3.8, 4) is 6.07 Å². The number of hydrazine groups is 2. The van der Waals surface area contributed by atoms with Gasteiger partial charge in [0.05, 0.1) is 22.2 Å². The fourth-order valence-corrected chi connectivity index (χ4v) is 3.01. The van der Waals surface area contributed by atoms with Crippen molar-refractivity contribution in [1.29, 1.82) is 5.26 Å². The Labute approximate surface area is 154 Å². The molecular formula is C19H14N6O2. The summed E-state index contributed by atoms with van der Waals surface area (Å²) >= 11 is 0. The number of nitro groups is 1. The summed E-state index contributed by atoms with van der Waals surface area (Å²) < 4.78 is 0. The van der Waals surface area contributed by atoms with Gasteiger partial charge in [0.1, 0.15) is 5.84 Å². The van der Waals surface area contributed by atoms with Crippen molar-refractivity contribution in [3.05, 3.63) is 76.3 Å². The minimum absolute atomic E-state index is 0.0485. The summed E-state index contributed by atoms with van der Waals surface area (Å²) in [5.74, 6) is 0.585. The molecule has 0 saturated carbocycles. The Hall–Kier alpha value is -4.12. The lowest BCUT2D eigenvalue weighted by Gasteiger charge is -2.28. The Kier molecular flexibility index (Phi) is 3.82. The Morgan fingerprint density at radius 2 is 1.85 bits per heavy atom. The van der Waals surface area contributed by atoms with E-state index in [0.717, 1.165) is 5.39 Å². The summed E-state index contributed by atoms with van der Waals surface area (Å²) in [6, 6.07) is 19.6. The molecule has 0 saturated heterocycles. The van der Waals surface area contributed by atoms with E-state index >= 15 is 0 Å². The third kappa shape index (κ3) is 2.77. The zero-order valence-corrected chi connectivity index (χ0v) is 14.3. The monoisotopic (exact) mass is 358 g/mol. The van der Waals surface area contributed by atoms with Crippen molar-refractivity contribution < 1.29 is 4.92 Å². The fourth-order valence-electron chi connectivity index (χ4n) is 3.01. The van der Waals surface area contributed by atoms with Crippen LogP contribution in [0.1, 0.15) is 12.5 Å². The van der Waals surface area contributed by atoms with Crippen molar-refractivity contribution in [2.45, 2.75) is 6.92 Å². The third-order valence-electron chi connectivity index (χ3n) is 4.22. The van der Waals surface area contributed by atoms with Gasteiger partial charge in [0.2, 0.25) is 0 Å². The van der Waals surface area contributed by atoms with Gasteiger partial charge in [0, 0.05) is 11.5 Å². The van der Waals surface area contributed by atoms with Gasteiger partial charge in [-0.1, -0.05) is 24.3 Å². The van der Waals surface area contributed by atoms with Crippen LogP contribution < -0.4 is 15.7 Å². The Morgan fingerprint density at radius 1 is 1.11 bits per heavy atom. The van der Waals surface area contributed by atoms with Gasteiger partial charge in [-0.15, -0.1) is 10.2 Å². The number of nitro benzene ring substituents is 1. The van der Waals surface area contributed by atoms with Gasteiger partial charge in [0.15, 0.2) is 5.69 Å². The summed E-state index contributed by atoms with van der Waals surface area (Å²) in [6.45, 7) is 1.77. The predicted molar refractivity (Wildman–Crippen MR) is 103 cm³/mol. The molecule has 27 heavy (non-hydrogen) atoms. The molecular weight excluding hydrogens is 344 g/mol. The minimum Gasteiger partial charge on any atom is -0.263 e. The van der Waals surface area contributed by atoms with E-state index in [1.165, 1.54) is 11.2 Å². The molecule has 8 nitrogen and oxygen atoms in total. The number of nitrogens with one attached hydrogen (secondary N) is 1. The number of benzene rings is 3. The number of amidine groups is 1. The highest BCUT2D eigenvalue weighted by molar-refractivity contribution is 6.01. The largest absolute Gasteiger partial charge is 0.297 e. The minimum atomic E-state index is -0.415. The molecule has 0 atom stereocenters. The quantitative estimate of drug-likeness (QED) is 0.566. The normalized spacial score (nSPS) is 13.3. The maximum Gasteiger partial charge on any atom is 0.297 e. The first-order chi connectivity index (χ1) is 13.1. The lowest BCUT2D eigenvalue weighted by molar-refractivity contribution is -0.384. The fraction of sp³-hybridized carbons (Fsp3) is 0.0526. The van der Waals surface area contributed by atoms with Crippen molar-refractivity contribution in [2.24, 2.45) is 5.10 Å². The number of anilines is 2. The first kappa shape index (κ1) is 16.4. The van der Waals surface area contributed by atoms with E-state index in [4.69, 9.17) is 5.26 Å². The molecule has 0 amide bonds. The highest BCUT2D eigenvalue weighted by atomic mass is 16.6. The molecule has 4 rings (SSSR count). The zero-order chi connectivity index (χ0) is 19.0. The highest BCUT2D eigenvalue weighted by Crippen LogP contribution is 2.38. The number of fused-ring (bicyclic) bond motifs is 1. The van der Waals surface area contributed by atoms with Gasteiger partial charge in [-0.25, -0.2) is 0 Å². The van der Waals surface area contributed by atoms with E-state index in [0.29, 0.717) is 28.2 Å². The molecule has 0 unspecified atom stereocenters. The first-order valence-electron chi connectivity index (χ1n) is 8.17. The van der Waals surface area contributed by atoms with Crippen LogP contribution in [-0.4, -0.2) is 10.8 Å². The smallest absolute Gasteiger partial charge is 0.263 e. The van der Waals surface area contributed by atoms with E-state index < -0.39 is 4.92 Å². The van der Waals surface area contributed by atoms with Gasteiger partial charge < -0.3 is 0 Å². The second kappa shape index (κ2) is 6.31. The molecule has 1 N–H and O–H groups in total.